The molecule has 20 heavy (non-hydrogen) atoms. The monoisotopic (exact) mass is 323 g/mol. The summed E-state index contributed by atoms with van der Waals surface area (Å²) in [6.45, 7) is -0.520. The van der Waals surface area contributed by atoms with Gasteiger partial charge in [0.05, 0.1) is 17.2 Å². The number of nitrogens with one attached hydrogen (secondary N) is 1. The molecule has 0 radical (unpaired) electrons. The molecule has 0 aliphatic heterocycles. The van der Waals surface area contributed by atoms with E-state index in [0.717, 1.165) is 11.3 Å². The zero-order valence-electron chi connectivity index (χ0n) is 9.73. The van der Waals surface area contributed by atoms with Crippen molar-refractivity contribution in [2.45, 2.75) is 11.5 Å². The highest BCUT2D eigenvalue weighted by molar-refractivity contribution is 7.93. The van der Waals surface area contributed by atoms with Crippen molar-refractivity contribution in [1.82, 2.24) is 0 Å². The second kappa shape index (κ2) is 5.43. The number of benzene rings is 1. The van der Waals surface area contributed by atoms with E-state index >= 15 is 0 Å². The summed E-state index contributed by atoms with van der Waals surface area (Å²) in [5, 5.41) is 10.4. The molecule has 0 bridgehead atoms. The lowest BCUT2D eigenvalue weighted by Gasteiger charge is -2.09. The van der Waals surface area contributed by atoms with Crippen LogP contribution < -0.4 is 4.72 Å². The van der Waals surface area contributed by atoms with Crippen molar-refractivity contribution in [1.29, 1.82) is 0 Å². The lowest BCUT2D eigenvalue weighted by Crippen LogP contribution is -2.15. The Hall–Kier alpha value is -1.58. The lowest BCUT2D eigenvalue weighted by molar-refractivity contribution is 0.282. The molecule has 108 valence electrons. The molecule has 0 fully saturated rings. The minimum absolute atomic E-state index is 0.134. The van der Waals surface area contributed by atoms with Gasteiger partial charge in [0.1, 0.15) is 10.7 Å². The minimum atomic E-state index is -4.24. The third-order valence-corrected chi connectivity index (χ3v) is 4.86. The van der Waals surface area contributed by atoms with Crippen LogP contribution in [0.1, 0.15) is 4.88 Å². The highest BCUT2D eigenvalue weighted by Gasteiger charge is 2.22. The first-order valence-electron chi connectivity index (χ1n) is 5.19. The van der Waals surface area contributed by atoms with Gasteiger partial charge in [-0.1, -0.05) is 0 Å². The fourth-order valence-corrected chi connectivity index (χ4v) is 3.86. The highest BCUT2D eigenvalue weighted by Crippen LogP contribution is 2.26. The maximum absolute atomic E-state index is 13.4. The molecule has 2 rings (SSSR count). The van der Waals surface area contributed by atoms with E-state index < -0.39 is 39.8 Å². The Morgan fingerprint density at radius 3 is 2.60 bits per heavy atom. The van der Waals surface area contributed by atoms with Gasteiger partial charge in [-0.15, -0.1) is 11.3 Å². The van der Waals surface area contributed by atoms with Crippen molar-refractivity contribution in [2.75, 3.05) is 4.72 Å². The van der Waals surface area contributed by atoms with Gasteiger partial charge in [0, 0.05) is 12.1 Å². The van der Waals surface area contributed by atoms with Gasteiger partial charge in [-0.2, -0.15) is 0 Å². The van der Waals surface area contributed by atoms with Crippen LogP contribution in [-0.4, -0.2) is 13.5 Å². The number of hydrogen-bond acceptors (Lipinski definition) is 4. The van der Waals surface area contributed by atoms with Crippen LogP contribution in [0.25, 0.3) is 0 Å². The molecule has 1 aromatic heterocycles. The standard InChI is InChI=1S/C11H8F3NO3S2/c12-6-3-7(13)11(14)8(4-6)15-20(17,18)10-1-2-19-9(10)5-16/h1-4,15-16H,5H2. The molecule has 1 aromatic carbocycles. The van der Waals surface area contributed by atoms with Gasteiger partial charge < -0.3 is 5.11 Å². The first kappa shape index (κ1) is 14.8. The summed E-state index contributed by atoms with van der Waals surface area (Å²) in [6, 6.07) is 2.03. The summed E-state index contributed by atoms with van der Waals surface area (Å²) < 4.78 is 65.2. The number of aliphatic hydroxyl groups excluding tert-OH is 1. The third-order valence-electron chi connectivity index (χ3n) is 2.37. The van der Waals surface area contributed by atoms with E-state index in [4.69, 9.17) is 5.11 Å². The average molecular weight is 323 g/mol. The maximum atomic E-state index is 13.4. The molecule has 0 aliphatic rings. The molecule has 0 unspecified atom stereocenters. The summed E-state index contributed by atoms with van der Waals surface area (Å²) in [5.41, 5.74) is -0.836. The summed E-state index contributed by atoms with van der Waals surface area (Å²) in [4.78, 5) is -0.135. The Bertz CT molecular complexity index is 743. The molecule has 0 aliphatic carbocycles. The zero-order valence-corrected chi connectivity index (χ0v) is 11.4. The van der Waals surface area contributed by atoms with E-state index in [2.05, 4.69) is 0 Å². The summed E-state index contributed by atoms with van der Waals surface area (Å²) in [6.07, 6.45) is 0. The molecule has 4 nitrogen and oxygen atoms in total. The largest absolute Gasteiger partial charge is 0.391 e. The number of halogens is 3. The van der Waals surface area contributed by atoms with Crippen molar-refractivity contribution in [2.24, 2.45) is 0 Å². The summed E-state index contributed by atoms with van der Waals surface area (Å²) in [7, 11) is -4.24. The molecule has 0 spiro atoms. The van der Waals surface area contributed by atoms with Crippen molar-refractivity contribution in [3.05, 3.63) is 45.9 Å². The van der Waals surface area contributed by atoms with E-state index in [1.807, 2.05) is 0 Å². The predicted octanol–water partition coefficient (Wildman–Crippen LogP) is 2.46. The Morgan fingerprint density at radius 1 is 1.25 bits per heavy atom. The smallest absolute Gasteiger partial charge is 0.263 e. The molecule has 0 saturated carbocycles. The second-order valence-electron chi connectivity index (χ2n) is 3.72. The van der Waals surface area contributed by atoms with E-state index in [1.54, 1.807) is 4.72 Å². The topological polar surface area (TPSA) is 66.4 Å². The molecule has 0 amide bonds. The average Bonchev–Trinajstić information content (AvgIpc) is 2.84. The maximum Gasteiger partial charge on any atom is 0.263 e. The van der Waals surface area contributed by atoms with Crippen LogP contribution in [0.4, 0.5) is 18.9 Å². The summed E-state index contributed by atoms with van der Waals surface area (Å²) in [5.74, 6) is -4.12. The van der Waals surface area contributed by atoms with Gasteiger partial charge in [0.25, 0.3) is 10.0 Å². The Balaban J connectivity index is 2.44. The molecular weight excluding hydrogens is 315 g/mol. The fourth-order valence-electron chi connectivity index (χ4n) is 1.51. The Kier molecular flexibility index (Phi) is 4.02. The van der Waals surface area contributed by atoms with Crippen LogP contribution in [0, 0.1) is 17.5 Å². The molecule has 0 saturated heterocycles. The van der Waals surface area contributed by atoms with Gasteiger partial charge in [-0.25, -0.2) is 21.6 Å². The molecular formula is C11H8F3NO3S2. The fraction of sp³-hybridized carbons (Fsp3) is 0.0909. The predicted molar refractivity (Wildman–Crippen MR) is 67.4 cm³/mol. The van der Waals surface area contributed by atoms with E-state index in [1.165, 1.54) is 11.4 Å². The Labute approximate surface area is 116 Å². The van der Waals surface area contributed by atoms with E-state index in [0.29, 0.717) is 12.1 Å². The van der Waals surface area contributed by atoms with Gasteiger partial charge in [0.15, 0.2) is 11.6 Å². The van der Waals surface area contributed by atoms with E-state index in [-0.39, 0.29) is 9.77 Å². The number of anilines is 1. The van der Waals surface area contributed by atoms with Gasteiger partial charge in [0.2, 0.25) is 0 Å². The number of aliphatic hydroxyl groups is 1. The van der Waals surface area contributed by atoms with Gasteiger partial charge in [-0.05, 0) is 11.4 Å². The van der Waals surface area contributed by atoms with Crippen molar-refractivity contribution >= 4 is 27.0 Å². The van der Waals surface area contributed by atoms with Gasteiger partial charge in [-0.3, -0.25) is 4.72 Å². The highest BCUT2D eigenvalue weighted by atomic mass is 32.2. The first-order valence-corrected chi connectivity index (χ1v) is 7.56. The molecule has 9 heteroatoms. The summed E-state index contributed by atoms with van der Waals surface area (Å²) >= 11 is 0.986. The third kappa shape index (κ3) is 2.79. The Morgan fingerprint density at radius 2 is 1.95 bits per heavy atom. The van der Waals surface area contributed by atoms with Crippen LogP contribution in [-0.2, 0) is 16.6 Å². The van der Waals surface area contributed by atoms with Gasteiger partial charge >= 0.3 is 0 Å². The van der Waals surface area contributed by atoms with E-state index in [9.17, 15) is 21.6 Å². The number of hydrogen-bond donors (Lipinski definition) is 2. The molecule has 2 N–H and O–H groups in total. The quantitative estimate of drug-likeness (QED) is 0.850. The van der Waals surface area contributed by atoms with Crippen molar-refractivity contribution < 1.29 is 26.7 Å². The molecule has 1 heterocycles. The molecule has 2 aromatic rings. The zero-order chi connectivity index (χ0) is 14.9. The normalized spacial score (nSPS) is 11.6. The molecule has 0 atom stereocenters. The van der Waals surface area contributed by atoms with Crippen LogP contribution in [0.3, 0.4) is 0 Å². The van der Waals surface area contributed by atoms with Crippen LogP contribution in [0.2, 0.25) is 0 Å². The van der Waals surface area contributed by atoms with Crippen molar-refractivity contribution in [3.8, 4) is 0 Å². The number of thiophene rings is 1. The lowest BCUT2D eigenvalue weighted by atomic mass is 10.3. The van der Waals surface area contributed by atoms with Crippen molar-refractivity contribution in [3.63, 3.8) is 0 Å². The number of rotatable bonds is 4. The van der Waals surface area contributed by atoms with Crippen LogP contribution >= 0.6 is 11.3 Å². The first-order chi connectivity index (χ1) is 9.35. The number of sulfonamides is 1. The minimum Gasteiger partial charge on any atom is -0.391 e. The van der Waals surface area contributed by atoms with Crippen LogP contribution in [0.15, 0.2) is 28.5 Å². The SMILES string of the molecule is O=S(=O)(Nc1cc(F)cc(F)c1F)c1ccsc1CO. The van der Waals surface area contributed by atoms with Crippen LogP contribution in [0.5, 0.6) is 0 Å². The second-order valence-corrected chi connectivity index (χ2v) is 6.37.